The minimum atomic E-state index is -3.66. The number of carbonyl (C=O) groups is 2. The van der Waals surface area contributed by atoms with Crippen LogP contribution < -0.4 is 0 Å². The zero-order chi connectivity index (χ0) is 22.3. The van der Waals surface area contributed by atoms with E-state index >= 15 is 0 Å². The quantitative estimate of drug-likeness (QED) is 0.408. The highest BCUT2D eigenvalue weighted by Crippen LogP contribution is 2.43. The van der Waals surface area contributed by atoms with Gasteiger partial charge in [-0.15, -0.1) is 11.8 Å². The average Bonchev–Trinajstić information content (AvgIpc) is 3.17. The molecule has 1 aliphatic rings. The molecule has 2 N–H and O–H groups in total. The lowest BCUT2D eigenvalue weighted by molar-refractivity contribution is -0.147. The van der Waals surface area contributed by atoms with Gasteiger partial charge < -0.3 is 14.9 Å². The van der Waals surface area contributed by atoms with Gasteiger partial charge in [0.2, 0.25) is 13.3 Å². The number of amides is 1. The first-order valence-electron chi connectivity index (χ1n) is 10.4. The molecule has 6 nitrogen and oxygen atoms in total. The fourth-order valence-electron chi connectivity index (χ4n) is 3.80. The topological polar surface area (TPSA) is 94.9 Å². The molecule has 1 saturated heterocycles. The molecule has 0 radical (unpaired) electrons. The summed E-state index contributed by atoms with van der Waals surface area (Å²) in [5, 5.41) is 9.50. The number of benzene rings is 2. The van der Waals surface area contributed by atoms with Crippen molar-refractivity contribution in [3.05, 3.63) is 66.2 Å². The van der Waals surface area contributed by atoms with Crippen LogP contribution in [0.25, 0.3) is 0 Å². The maximum Gasteiger partial charge on any atom is 0.326 e. The van der Waals surface area contributed by atoms with Crippen LogP contribution in [0.15, 0.2) is 65.6 Å². The van der Waals surface area contributed by atoms with Crippen LogP contribution in [0.1, 0.15) is 24.8 Å². The van der Waals surface area contributed by atoms with Crippen LogP contribution in [0.3, 0.4) is 0 Å². The second-order valence-corrected chi connectivity index (χ2v) is 11.7. The molecule has 166 valence electrons. The smallest absolute Gasteiger partial charge is 0.326 e. The number of likely N-dealkylation sites (tertiary alicyclic amines) is 1. The molecule has 0 aromatic heterocycles. The van der Waals surface area contributed by atoms with Crippen LogP contribution in [-0.2, 0) is 20.6 Å². The fourth-order valence-corrected chi connectivity index (χ4v) is 6.49. The zero-order valence-corrected chi connectivity index (χ0v) is 19.0. The van der Waals surface area contributed by atoms with Crippen LogP contribution in [0, 0.1) is 0 Å². The molecule has 0 spiro atoms. The number of carboxylic acids is 1. The summed E-state index contributed by atoms with van der Waals surface area (Å²) in [5.74, 6) is -1.61. The van der Waals surface area contributed by atoms with E-state index in [0.29, 0.717) is 12.8 Å². The van der Waals surface area contributed by atoms with Crippen LogP contribution in [0.4, 0.5) is 0 Å². The number of thioether (sulfide) groups is 1. The van der Waals surface area contributed by atoms with Gasteiger partial charge >= 0.3 is 5.97 Å². The molecule has 1 aliphatic heterocycles. The first kappa shape index (κ1) is 23.6. The van der Waals surface area contributed by atoms with Crippen LogP contribution in [0.5, 0.6) is 0 Å². The molecular weight excluding hydrogens is 433 g/mol. The highest BCUT2D eigenvalue weighted by Gasteiger charge is 2.41. The van der Waals surface area contributed by atoms with Crippen molar-refractivity contribution in [1.29, 1.82) is 0 Å². The summed E-state index contributed by atoms with van der Waals surface area (Å²) in [6.45, 7) is 0.267. The Labute approximate surface area is 187 Å². The van der Waals surface area contributed by atoms with Crippen LogP contribution in [0.2, 0.25) is 0 Å². The van der Waals surface area contributed by atoms with E-state index in [0.717, 1.165) is 17.7 Å². The van der Waals surface area contributed by atoms with Crippen molar-refractivity contribution in [2.24, 2.45) is 0 Å². The normalized spacial score (nSPS) is 20.4. The molecule has 3 atom stereocenters. The molecule has 0 saturated carbocycles. The van der Waals surface area contributed by atoms with Crippen molar-refractivity contribution in [1.82, 2.24) is 4.90 Å². The number of carboxylic acid groups (broad SMARTS) is 1. The van der Waals surface area contributed by atoms with Gasteiger partial charge in [0.05, 0.1) is 0 Å². The Morgan fingerprint density at radius 2 is 1.68 bits per heavy atom. The molecular formula is C23H28NO5PS. The summed E-state index contributed by atoms with van der Waals surface area (Å²) >= 11 is 1.54. The monoisotopic (exact) mass is 461 g/mol. The highest BCUT2D eigenvalue weighted by molar-refractivity contribution is 8.00. The Morgan fingerprint density at radius 3 is 2.32 bits per heavy atom. The number of aryl methyl sites for hydroxylation is 1. The maximum absolute atomic E-state index is 12.7. The molecule has 31 heavy (non-hydrogen) atoms. The SMILES string of the molecule is O=C(O)[C@@H]1C[C@@H](Sc2ccccc2)CN1C(=O)CP(=O)(O)CCCCc1ccccc1. The standard InChI is InChI=1S/C23H28NO5PS/c25-22(17-30(28,29)14-8-7-11-18-9-3-1-4-10-18)24-16-20(15-21(24)23(26)27)31-19-12-5-2-6-13-19/h1-6,9-10,12-13,20-21H,7-8,11,14-17H2,(H,26,27)(H,28,29)/t20-,21+/m1/s1. The molecule has 8 heteroatoms. The van der Waals surface area contributed by atoms with E-state index in [9.17, 15) is 24.2 Å². The third-order valence-corrected chi connectivity index (χ3v) is 8.36. The summed E-state index contributed by atoms with van der Waals surface area (Å²) in [6.07, 6.45) is 2.03. The van der Waals surface area contributed by atoms with Gasteiger partial charge in [0.1, 0.15) is 12.2 Å². The van der Waals surface area contributed by atoms with Crippen LogP contribution >= 0.6 is 19.1 Å². The molecule has 3 rings (SSSR count). The van der Waals surface area contributed by atoms with Crippen molar-refractivity contribution >= 4 is 31.0 Å². The third-order valence-electron chi connectivity index (χ3n) is 5.36. The van der Waals surface area contributed by atoms with Crippen molar-refractivity contribution in [2.45, 2.75) is 41.9 Å². The van der Waals surface area contributed by atoms with E-state index in [2.05, 4.69) is 0 Å². The van der Waals surface area contributed by atoms with E-state index in [-0.39, 0.29) is 18.0 Å². The number of carbonyl (C=O) groups excluding carboxylic acids is 1. The summed E-state index contributed by atoms with van der Waals surface area (Å²) in [6, 6.07) is 18.6. The first-order valence-corrected chi connectivity index (χ1v) is 13.3. The van der Waals surface area contributed by atoms with E-state index in [1.165, 1.54) is 22.2 Å². The van der Waals surface area contributed by atoms with Gasteiger partial charge in [-0.1, -0.05) is 48.5 Å². The summed E-state index contributed by atoms with van der Waals surface area (Å²) in [5.41, 5.74) is 1.18. The Bertz CT molecular complexity index is 924. The van der Waals surface area contributed by atoms with Gasteiger partial charge in [-0.3, -0.25) is 9.36 Å². The Balaban J connectivity index is 1.51. The molecule has 0 bridgehead atoms. The minimum Gasteiger partial charge on any atom is -0.480 e. The Kier molecular flexibility index (Phi) is 8.35. The zero-order valence-electron chi connectivity index (χ0n) is 17.3. The minimum absolute atomic E-state index is 0.0589. The second kappa shape index (κ2) is 11.0. The molecule has 0 aliphatic carbocycles. The van der Waals surface area contributed by atoms with Gasteiger partial charge in [-0.25, -0.2) is 4.79 Å². The lowest BCUT2D eigenvalue weighted by Gasteiger charge is -2.23. The van der Waals surface area contributed by atoms with Crippen molar-refractivity contribution in [2.75, 3.05) is 18.9 Å². The molecule has 2 aromatic rings. The lowest BCUT2D eigenvalue weighted by atomic mass is 10.1. The summed E-state index contributed by atoms with van der Waals surface area (Å²) in [7, 11) is -3.66. The van der Waals surface area contributed by atoms with E-state index in [4.69, 9.17) is 0 Å². The predicted molar refractivity (Wildman–Crippen MR) is 123 cm³/mol. The average molecular weight is 462 g/mol. The Morgan fingerprint density at radius 1 is 1.03 bits per heavy atom. The van der Waals surface area contributed by atoms with Crippen molar-refractivity contribution < 1.29 is 24.2 Å². The summed E-state index contributed by atoms with van der Waals surface area (Å²) < 4.78 is 12.6. The second-order valence-electron chi connectivity index (χ2n) is 7.86. The fraction of sp³-hybridized carbons (Fsp3) is 0.391. The molecule has 1 heterocycles. The summed E-state index contributed by atoms with van der Waals surface area (Å²) in [4.78, 5) is 37.0. The van der Waals surface area contributed by atoms with Gasteiger partial charge in [0.25, 0.3) is 0 Å². The molecule has 1 amide bonds. The highest BCUT2D eigenvalue weighted by atomic mass is 32.2. The molecule has 1 fully saturated rings. The first-order chi connectivity index (χ1) is 14.8. The number of hydrogen-bond acceptors (Lipinski definition) is 4. The van der Waals surface area contributed by atoms with E-state index < -0.39 is 31.4 Å². The molecule has 1 unspecified atom stereocenters. The Hall–Kier alpha value is -2.08. The number of rotatable bonds is 10. The predicted octanol–water partition coefficient (Wildman–Crippen LogP) is 4.13. The van der Waals surface area contributed by atoms with Gasteiger partial charge in [-0.05, 0) is 43.4 Å². The van der Waals surface area contributed by atoms with E-state index in [1.54, 1.807) is 0 Å². The number of hydrogen-bond donors (Lipinski definition) is 2. The van der Waals surface area contributed by atoms with Gasteiger partial charge in [0, 0.05) is 22.9 Å². The lowest BCUT2D eigenvalue weighted by Crippen LogP contribution is -2.42. The maximum atomic E-state index is 12.7. The largest absolute Gasteiger partial charge is 0.480 e. The third kappa shape index (κ3) is 7.23. The van der Waals surface area contributed by atoms with E-state index in [1.807, 2.05) is 60.7 Å². The van der Waals surface area contributed by atoms with Gasteiger partial charge in [-0.2, -0.15) is 0 Å². The van der Waals surface area contributed by atoms with Gasteiger partial charge in [0.15, 0.2) is 0 Å². The van der Waals surface area contributed by atoms with Crippen LogP contribution in [-0.4, -0.2) is 56.9 Å². The number of nitrogens with zero attached hydrogens (tertiary/aromatic N) is 1. The number of unbranched alkanes of at least 4 members (excludes halogenated alkanes) is 1. The van der Waals surface area contributed by atoms with Crippen molar-refractivity contribution in [3.8, 4) is 0 Å². The molecule has 2 aromatic carbocycles. The number of aliphatic carboxylic acids is 1. The van der Waals surface area contributed by atoms with Crippen molar-refractivity contribution in [3.63, 3.8) is 0 Å².